The lowest BCUT2D eigenvalue weighted by Crippen LogP contribution is -2.77. The van der Waals surface area contributed by atoms with Crippen LogP contribution in [0.25, 0.3) is 10.9 Å². The van der Waals surface area contributed by atoms with Crippen LogP contribution in [0.3, 0.4) is 0 Å². The number of carbonyl (C=O) groups excluding carboxylic acids is 4. The Morgan fingerprint density at radius 2 is 1.36 bits per heavy atom. The molecule has 11 rings (SSSR count). The topological polar surface area (TPSA) is 139 Å². The third-order valence-corrected chi connectivity index (χ3v) is 18.4. The summed E-state index contributed by atoms with van der Waals surface area (Å²) >= 11 is 0. The number of likely N-dealkylation sites (N-methyl/N-ethyl adjacent to an activating group) is 3. The van der Waals surface area contributed by atoms with Gasteiger partial charge in [0.05, 0.1) is 13.2 Å². The Bertz CT molecular complexity index is 1980. The van der Waals surface area contributed by atoms with E-state index < -0.39 is 44.4 Å². The third-order valence-electron chi connectivity index (χ3n) is 11.1. The highest BCUT2D eigenvalue weighted by atomic mass is 33.1. The largest absolute Gasteiger partial charge is 0.392 e. The van der Waals surface area contributed by atoms with Gasteiger partial charge in [0, 0.05) is 62.3 Å². The molecule has 0 aliphatic carbocycles. The van der Waals surface area contributed by atoms with Gasteiger partial charge in [0.15, 0.2) is 9.74 Å². The van der Waals surface area contributed by atoms with Crippen molar-refractivity contribution in [1.29, 1.82) is 0 Å². The minimum atomic E-state index is -1.43. The van der Waals surface area contributed by atoms with Crippen LogP contribution in [0.15, 0.2) is 54.7 Å². The molecule has 8 aliphatic heterocycles. The second-order valence-corrected chi connectivity index (χ2v) is 18.3. The van der Waals surface area contributed by atoms with Gasteiger partial charge in [-0.25, -0.2) is 0 Å². The number of carbonyl (C=O) groups is 4. The number of aromatic nitrogens is 1. The van der Waals surface area contributed by atoms with Crippen molar-refractivity contribution in [1.82, 2.24) is 24.2 Å². The molecule has 1 aromatic heterocycles. The molecule has 244 valence electrons. The van der Waals surface area contributed by atoms with E-state index in [2.05, 4.69) is 9.88 Å². The number of hydrogen-bond donors (Lipinski definition) is 3. The molecule has 8 aliphatic rings. The van der Waals surface area contributed by atoms with Gasteiger partial charge in [0.25, 0.3) is 23.6 Å². The van der Waals surface area contributed by atoms with Crippen molar-refractivity contribution < 1.29 is 29.4 Å². The number of nitrogens with zero attached hydrogens (tertiary/aromatic N) is 5. The second-order valence-electron chi connectivity index (χ2n) is 13.0. The number of benzene rings is 2. The SMILES string of the molecule is CN1C(=O)[C@]2(CO)SSC1(Cc1cn([C@]34C[C@@]56SS[C@@](CO)(C(=O)N5C3Nc3ccccc34)N(C)C6=O)c3ccccc13)C(=O)N2C. The van der Waals surface area contributed by atoms with Crippen LogP contribution in [0.5, 0.6) is 0 Å². The van der Waals surface area contributed by atoms with Crippen LogP contribution in [-0.4, -0.2) is 118 Å². The summed E-state index contributed by atoms with van der Waals surface area (Å²) < 4.78 is 2.16. The Labute approximate surface area is 285 Å². The van der Waals surface area contributed by atoms with E-state index in [0.29, 0.717) is 0 Å². The van der Waals surface area contributed by atoms with Crippen LogP contribution in [-0.2, 0) is 31.1 Å². The van der Waals surface area contributed by atoms with Gasteiger partial charge in [-0.15, -0.1) is 0 Å². The number of amides is 4. The molecule has 6 atom stereocenters. The number of nitrogens with one attached hydrogen (secondary N) is 1. The van der Waals surface area contributed by atoms with E-state index in [-0.39, 0.29) is 36.5 Å². The number of para-hydroxylation sites is 2. The number of aliphatic hydroxyl groups excluding tert-OH is 2. The van der Waals surface area contributed by atoms with Crippen molar-refractivity contribution in [2.45, 2.75) is 44.0 Å². The summed E-state index contributed by atoms with van der Waals surface area (Å²) in [5, 5.41) is 25.2. The average Bonchev–Trinajstić information content (AvgIpc) is 3.71. The van der Waals surface area contributed by atoms with Gasteiger partial charge >= 0.3 is 0 Å². The molecule has 1 spiro atoms. The fourth-order valence-corrected chi connectivity index (χ4v) is 15.7. The number of rotatable bonds is 5. The third kappa shape index (κ3) is 3.12. The molecule has 7 fully saturated rings. The minimum Gasteiger partial charge on any atom is -0.392 e. The molecule has 3 N–H and O–H groups in total. The first-order chi connectivity index (χ1) is 22.5. The van der Waals surface area contributed by atoms with E-state index in [0.717, 1.165) is 27.7 Å². The van der Waals surface area contributed by atoms with Gasteiger partial charge in [-0.3, -0.25) is 24.1 Å². The van der Waals surface area contributed by atoms with Crippen LogP contribution in [0.1, 0.15) is 17.5 Å². The smallest absolute Gasteiger partial charge is 0.265 e. The van der Waals surface area contributed by atoms with Gasteiger partial charge in [0.1, 0.15) is 11.7 Å². The average molecular weight is 711 g/mol. The first-order valence-corrected chi connectivity index (χ1v) is 19.4. The zero-order valence-electron chi connectivity index (χ0n) is 25.5. The molecular weight excluding hydrogens is 681 g/mol. The molecule has 9 heterocycles. The van der Waals surface area contributed by atoms with Crippen molar-refractivity contribution in [3.8, 4) is 0 Å². The summed E-state index contributed by atoms with van der Waals surface area (Å²) in [5.41, 5.74) is 2.55. The molecule has 0 saturated carbocycles. The molecule has 0 radical (unpaired) electrons. The fraction of sp³-hybridized carbons (Fsp3) is 0.419. The van der Waals surface area contributed by atoms with Crippen molar-refractivity contribution in [2.75, 3.05) is 39.7 Å². The molecule has 4 bridgehead atoms. The van der Waals surface area contributed by atoms with E-state index in [1.807, 2.05) is 54.7 Å². The standard InChI is InChI=1S/C31H30N6O6S4/c1-33-25(42)30(15-38)34(2)23(40)28(33,44-46-30)12-17-13-36(21-11-7-4-8-18(17)21)27-14-29-24(41)35(3)31(16-39,47-45-29)26(43)37(29)22(27)32-20-10-6-5-9-19(20)27/h4-11,13,22,32,38-39H,12,14-16H2,1-3H3/t22?,27-,28?,29-,30-,31-/m0/s1. The molecule has 47 heavy (non-hydrogen) atoms. The zero-order valence-corrected chi connectivity index (χ0v) is 28.8. The van der Waals surface area contributed by atoms with Gasteiger partial charge < -0.3 is 34.8 Å². The Morgan fingerprint density at radius 1 is 0.766 bits per heavy atom. The molecular formula is C31H30N6O6S4. The molecule has 2 unspecified atom stereocenters. The summed E-state index contributed by atoms with van der Waals surface area (Å²) in [4.78, 5) is 57.1. The summed E-state index contributed by atoms with van der Waals surface area (Å²) in [5.74, 6) is -1.11. The zero-order chi connectivity index (χ0) is 32.9. The highest BCUT2D eigenvalue weighted by Crippen LogP contribution is 2.69. The minimum absolute atomic E-state index is 0.203. The highest BCUT2D eigenvalue weighted by molar-refractivity contribution is 8.78. The number of fused-ring (bicyclic) bond motifs is 9. The maximum absolute atomic E-state index is 14.4. The maximum atomic E-state index is 14.4. The van der Waals surface area contributed by atoms with Gasteiger partial charge in [-0.1, -0.05) is 58.0 Å². The summed E-state index contributed by atoms with van der Waals surface area (Å²) in [7, 11) is 9.90. The predicted molar refractivity (Wildman–Crippen MR) is 182 cm³/mol. The van der Waals surface area contributed by atoms with Gasteiger partial charge in [-0.05, 0) is 39.3 Å². The monoisotopic (exact) mass is 710 g/mol. The van der Waals surface area contributed by atoms with Crippen LogP contribution in [0.4, 0.5) is 5.69 Å². The number of anilines is 1. The van der Waals surface area contributed by atoms with E-state index in [4.69, 9.17) is 0 Å². The number of hydrogen-bond acceptors (Lipinski definition) is 11. The first-order valence-electron chi connectivity index (χ1n) is 15.1. The van der Waals surface area contributed by atoms with Crippen LogP contribution in [0, 0.1) is 0 Å². The predicted octanol–water partition coefficient (Wildman–Crippen LogP) is 1.87. The normalized spacial score (nSPS) is 36.8. The van der Waals surface area contributed by atoms with E-state index in [1.165, 1.54) is 57.9 Å². The Kier molecular flexibility index (Phi) is 5.99. The summed E-state index contributed by atoms with van der Waals surface area (Å²) in [6.45, 7) is -0.994. The van der Waals surface area contributed by atoms with Crippen LogP contribution >= 0.6 is 43.2 Å². The fourth-order valence-electron chi connectivity index (χ4n) is 8.49. The number of piperazine rings is 2. The number of aliphatic hydroxyl groups is 2. The lowest BCUT2D eigenvalue weighted by molar-refractivity contribution is -0.166. The van der Waals surface area contributed by atoms with E-state index >= 15 is 0 Å². The van der Waals surface area contributed by atoms with Gasteiger partial charge in [-0.2, -0.15) is 0 Å². The van der Waals surface area contributed by atoms with Crippen molar-refractivity contribution in [2.24, 2.45) is 0 Å². The Morgan fingerprint density at radius 3 is 2.13 bits per heavy atom. The molecule has 3 aromatic rings. The van der Waals surface area contributed by atoms with E-state index in [9.17, 15) is 29.4 Å². The Hall–Kier alpha value is -3.02. The summed E-state index contributed by atoms with van der Waals surface area (Å²) in [6.07, 6.45) is 1.85. The maximum Gasteiger partial charge on any atom is 0.265 e. The lowest BCUT2D eigenvalue weighted by Gasteiger charge is -2.58. The van der Waals surface area contributed by atoms with Gasteiger partial charge in [0.2, 0.25) is 9.74 Å². The quantitative estimate of drug-likeness (QED) is 0.335. The summed E-state index contributed by atoms with van der Waals surface area (Å²) in [6, 6.07) is 15.8. The lowest BCUT2D eigenvalue weighted by atomic mass is 9.86. The second kappa shape index (κ2) is 9.36. The molecule has 12 nitrogen and oxygen atoms in total. The van der Waals surface area contributed by atoms with Crippen LogP contribution in [0.2, 0.25) is 0 Å². The Balaban J connectivity index is 1.25. The first kappa shape index (κ1) is 30.1. The molecule has 4 amide bonds. The molecule has 2 aromatic carbocycles. The van der Waals surface area contributed by atoms with Crippen molar-refractivity contribution >= 4 is 83.4 Å². The highest BCUT2D eigenvalue weighted by Gasteiger charge is 2.78. The molecule has 16 heteroatoms. The van der Waals surface area contributed by atoms with E-state index in [1.54, 1.807) is 26.0 Å². The van der Waals surface area contributed by atoms with Crippen LogP contribution < -0.4 is 5.32 Å². The van der Waals surface area contributed by atoms with Crippen molar-refractivity contribution in [3.05, 3.63) is 65.9 Å². The molecule has 7 saturated heterocycles. The van der Waals surface area contributed by atoms with Crippen molar-refractivity contribution in [3.63, 3.8) is 0 Å².